The van der Waals surface area contributed by atoms with Crippen LogP contribution in [0.3, 0.4) is 0 Å². The molecule has 0 aliphatic carbocycles. The van der Waals surface area contributed by atoms with Gasteiger partial charge in [-0.1, -0.05) is 26.0 Å². The van der Waals surface area contributed by atoms with Crippen LogP contribution in [0, 0.1) is 5.41 Å². The van der Waals surface area contributed by atoms with Crippen LogP contribution in [0.15, 0.2) is 24.3 Å². The van der Waals surface area contributed by atoms with Gasteiger partial charge in [-0.2, -0.15) is 0 Å². The zero-order valence-electron chi connectivity index (χ0n) is 11.3. The number of ketones is 1. The minimum atomic E-state index is -0.290. The lowest BCUT2D eigenvalue weighted by atomic mass is 9.74. The molecule has 1 fully saturated rings. The van der Waals surface area contributed by atoms with Gasteiger partial charge in [0.15, 0.2) is 0 Å². The molecule has 98 valence electrons. The van der Waals surface area contributed by atoms with E-state index in [0.29, 0.717) is 12.2 Å². The molecule has 18 heavy (non-hydrogen) atoms. The van der Waals surface area contributed by atoms with Gasteiger partial charge in [0, 0.05) is 24.4 Å². The van der Waals surface area contributed by atoms with Gasteiger partial charge in [0.05, 0.1) is 7.11 Å². The van der Waals surface area contributed by atoms with E-state index in [-0.39, 0.29) is 11.5 Å². The summed E-state index contributed by atoms with van der Waals surface area (Å²) in [4.78, 5) is 12.0. The molecule has 0 unspecified atom stereocenters. The summed E-state index contributed by atoms with van der Waals surface area (Å²) in [6.07, 6.45) is 1.50. The van der Waals surface area contributed by atoms with Crippen molar-refractivity contribution < 1.29 is 9.53 Å². The minimum absolute atomic E-state index is 0.200. The van der Waals surface area contributed by atoms with Crippen molar-refractivity contribution in [2.24, 2.45) is 5.41 Å². The second-order valence-corrected chi connectivity index (χ2v) is 5.46. The van der Waals surface area contributed by atoms with Crippen molar-refractivity contribution in [3.05, 3.63) is 29.8 Å². The first-order valence-corrected chi connectivity index (χ1v) is 6.43. The molecule has 1 N–H and O–H groups in total. The van der Waals surface area contributed by atoms with Crippen LogP contribution in [-0.4, -0.2) is 25.5 Å². The molecule has 1 aliphatic rings. The summed E-state index contributed by atoms with van der Waals surface area (Å²) in [5.74, 6) is 1.22. The fourth-order valence-corrected chi connectivity index (χ4v) is 2.49. The third-order valence-corrected chi connectivity index (χ3v) is 3.91. The molecule has 1 saturated heterocycles. The number of ether oxygens (including phenoxy) is 1. The Morgan fingerprint density at radius 1 is 1.44 bits per heavy atom. The summed E-state index contributed by atoms with van der Waals surface area (Å²) >= 11 is 0. The van der Waals surface area contributed by atoms with E-state index in [0.717, 1.165) is 18.7 Å². The molecule has 3 heteroatoms. The number of rotatable bonds is 3. The van der Waals surface area contributed by atoms with Gasteiger partial charge >= 0.3 is 0 Å². The molecule has 0 radical (unpaired) electrons. The van der Waals surface area contributed by atoms with Gasteiger partial charge in [-0.15, -0.1) is 0 Å². The van der Waals surface area contributed by atoms with Crippen LogP contribution in [0.25, 0.3) is 0 Å². The number of nitrogens with one attached hydrogen (secondary N) is 1. The van der Waals surface area contributed by atoms with E-state index in [9.17, 15) is 4.79 Å². The normalized spacial score (nSPS) is 22.8. The predicted octanol–water partition coefficient (Wildman–Crippen LogP) is 2.19. The number of methoxy groups -OCH3 is 1. The zero-order chi connectivity index (χ0) is 13.2. The monoisotopic (exact) mass is 247 g/mol. The molecule has 2 rings (SSSR count). The number of Topliss-reactive ketones (excluding diaryl/α,β-unsaturated/α-hetero) is 1. The van der Waals surface area contributed by atoms with Gasteiger partial charge in [0.25, 0.3) is 0 Å². The highest BCUT2D eigenvalue weighted by molar-refractivity contribution is 5.85. The van der Waals surface area contributed by atoms with Crippen molar-refractivity contribution in [2.75, 3.05) is 13.7 Å². The molecule has 1 aromatic carbocycles. The summed E-state index contributed by atoms with van der Waals surface area (Å²) in [5.41, 5.74) is 0.913. The number of hydrogen-bond donors (Lipinski definition) is 1. The first-order chi connectivity index (χ1) is 8.54. The van der Waals surface area contributed by atoms with Crippen molar-refractivity contribution in [1.82, 2.24) is 5.32 Å². The Morgan fingerprint density at radius 2 is 2.22 bits per heavy atom. The van der Waals surface area contributed by atoms with Crippen LogP contribution in [-0.2, 0) is 11.2 Å². The van der Waals surface area contributed by atoms with Crippen molar-refractivity contribution in [2.45, 2.75) is 32.7 Å². The molecule has 1 atom stereocenters. The summed E-state index contributed by atoms with van der Waals surface area (Å²) in [7, 11) is 1.67. The van der Waals surface area contributed by atoms with Crippen LogP contribution in [0.2, 0.25) is 0 Å². The molecule has 0 amide bonds. The fraction of sp³-hybridized carbons (Fsp3) is 0.533. The number of carbonyl (C=O) groups excluding carboxylic acids is 1. The Kier molecular flexibility index (Phi) is 3.71. The van der Waals surface area contributed by atoms with Gasteiger partial charge in [-0.25, -0.2) is 0 Å². The Balaban J connectivity index is 2.14. The van der Waals surface area contributed by atoms with E-state index in [1.54, 1.807) is 7.11 Å². The van der Waals surface area contributed by atoms with Gasteiger partial charge in [0.1, 0.15) is 11.5 Å². The molecule has 0 bridgehead atoms. The van der Waals surface area contributed by atoms with Gasteiger partial charge in [-0.3, -0.25) is 4.79 Å². The van der Waals surface area contributed by atoms with Crippen LogP contribution in [0.1, 0.15) is 25.8 Å². The average molecular weight is 247 g/mol. The van der Waals surface area contributed by atoms with E-state index < -0.39 is 0 Å². The quantitative estimate of drug-likeness (QED) is 0.890. The standard InChI is InChI=1S/C15H21NO2/c1-15(2)13(16-8-7-14(15)17)10-11-5-4-6-12(9-11)18-3/h4-6,9,13,16H,7-8,10H2,1-3H3/t13-/m1/s1. The third-order valence-electron chi connectivity index (χ3n) is 3.91. The summed E-state index contributed by atoms with van der Waals surface area (Å²) < 4.78 is 5.23. The maximum atomic E-state index is 12.0. The first kappa shape index (κ1) is 13.1. The van der Waals surface area contributed by atoms with Crippen LogP contribution >= 0.6 is 0 Å². The predicted molar refractivity (Wildman–Crippen MR) is 71.9 cm³/mol. The van der Waals surface area contributed by atoms with E-state index in [4.69, 9.17) is 4.74 Å². The van der Waals surface area contributed by atoms with Gasteiger partial charge < -0.3 is 10.1 Å². The Hall–Kier alpha value is -1.35. The number of benzene rings is 1. The molecule has 0 saturated carbocycles. The summed E-state index contributed by atoms with van der Waals surface area (Å²) in [6.45, 7) is 4.86. The molecule has 0 spiro atoms. The lowest BCUT2D eigenvalue weighted by molar-refractivity contribution is -0.130. The van der Waals surface area contributed by atoms with Crippen LogP contribution in [0.5, 0.6) is 5.75 Å². The molecule has 3 nitrogen and oxygen atoms in total. The molecular formula is C15H21NO2. The first-order valence-electron chi connectivity index (χ1n) is 6.43. The van der Waals surface area contributed by atoms with E-state index in [1.807, 2.05) is 32.0 Å². The second-order valence-electron chi connectivity index (χ2n) is 5.46. The van der Waals surface area contributed by atoms with Crippen LogP contribution < -0.4 is 10.1 Å². The number of piperidine rings is 1. The van der Waals surface area contributed by atoms with Crippen molar-refractivity contribution in [1.29, 1.82) is 0 Å². The topological polar surface area (TPSA) is 38.3 Å². The van der Waals surface area contributed by atoms with Gasteiger partial charge in [-0.05, 0) is 24.1 Å². The lowest BCUT2D eigenvalue weighted by Crippen LogP contribution is -2.53. The maximum Gasteiger partial charge on any atom is 0.141 e. The summed E-state index contributed by atoms with van der Waals surface area (Å²) in [5, 5.41) is 3.46. The van der Waals surface area contributed by atoms with Gasteiger partial charge in [0.2, 0.25) is 0 Å². The minimum Gasteiger partial charge on any atom is -0.497 e. The molecule has 1 aliphatic heterocycles. The largest absolute Gasteiger partial charge is 0.497 e. The highest BCUT2D eigenvalue weighted by Gasteiger charge is 2.38. The number of carbonyl (C=O) groups is 1. The third kappa shape index (κ3) is 2.56. The van der Waals surface area contributed by atoms with Crippen molar-refractivity contribution >= 4 is 5.78 Å². The van der Waals surface area contributed by atoms with E-state index in [1.165, 1.54) is 5.56 Å². The average Bonchev–Trinajstić information content (AvgIpc) is 2.36. The highest BCUT2D eigenvalue weighted by atomic mass is 16.5. The summed E-state index contributed by atoms with van der Waals surface area (Å²) in [6, 6.07) is 8.25. The van der Waals surface area contributed by atoms with E-state index in [2.05, 4.69) is 11.4 Å². The second kappa shape index (κ2) is 5.11. The highest BCUT2D eigenvalue weighted by Crippen LogP contribution is 2.29. The Morgan fingerprint density at radius 3 is 2.94 bits per heavy atom. The molecule has 1 aromatic rings. The van der Waals surface area contributed by atoms with Crippen molar-refractivity contribution in [3.8, 4) is 5.75 Å². The zero-order valence-corrected chi connectivity index (χ0v) is 11.3. The number of hydrogen-bond acceptors (Lipinski definition) is 3. The van der Waals surface area contributed by atoms with E-state index >= 15 is 0 Å². The fourth-order valence-electron chi connectivity index (χ4n) is 2.49. The molecule has 0 aromatic heterocycles. The maximum absolute atomic E-state index is 12.0. The molecule has 1 heterocycles. The van der Waals surface area contributed by atoms with Crippen molar-refractivity contribution in [3.63, 3.8) is 0 Å². The SMILES string of the molecule is COc1cccc(C[C@H]2NCCC(=O)C2(C)C)c1. The van der Waals surface area contributed by atoms with Crippen LogP contribution in [0.4, 0.5) is 0 Å². The molecular weight excluding hydrogens is 226 g/mol. The smallest absolute Gasteiger partial charge is 0.141 e. The lowest BCUT2D eigenvalue weighted by Gasteiger charge is -2.38. The Labute approximate surface area is 109 Å². The Bertz CT molecular complexity index is 440.